The van der Waals surface area contributed by atoms with Gasteiger partial charge in [-0.05, 0) is 0 Å². The van der Waals surface area contributed by atoms with Crippen molar-refractivity contribution in [3.63, 3.8) is 0 Å². The summed E-state index contributed by atoms with van der Waals surface area (Å²) in [5, 5.41) is 18.4. The van der Waals surface area contributed by atoms with Crippen LogP contribution in [0.1, 0.15) is 12.6 Å². The monoisotopic (exact) mass is 229 g/mol. The predicted molar refractivity (Wildman–Crippen MR) is 52.9 cm³/mol. The van der Waals surface area contributed by atoms with Crippen molar-refractivity contribution in [1.82, 2.24) is 9.55 Å². The first kappa shape index (κ1) is 11.1. The van der Waals surface area contributed by atoms with Gasteiger partial charge in [-0.3, -0.25) is 14.3 Å². The van der Waals surface area contributed by atoms with Crippen LogP contribution in [0.3, 0.4) is 0 Å². The highest BCUT2D eigenvalue weighted by atomic mass is 16.6. The molecule has 7 heteroatoms. The molecular formula is C9H12N2O5. The lowest BCUT2D eigenvalue weighted by atomic mass is 10.2. The Morgan fingerprint density at radius 2 is 2.31 bits per heavy atom. The molecule has 0 aromatic carbocycles. The summed E-state index contributed by atoms with van der Waals surface area (Å²) < 4.78 is 6.45. The summed E-state index contributed by atoms with van der Waals surface area (Å²) in [7, 11) is 0. The van der Waals surface area contributed by atoms with Gasteiger partial charge in [0.05, 0.1) is 12.7 Å². The average Bonchev–Trinajstić information content (AvgIpc) is 2.59. The number of aromatic nitrogens is 2. The smallest absolute Gasteiger partial charge is 0.330 e. The van der Waals surface area contributed by atoms with Crippen LogP contribution >= 0.6 is 0 Å². The maximum Gasteiger partial charge on any atom is 0.330 e. The van der Waals surface area contributed by atoms with Crippen LogP contribution in [0.5, 0.6) is 0 Å². The Morgan fingerprint density at radius 3 is 2.88 bits per heavy atom. The Hall–Kier alpha value is -1.44. The predicted octanol–water partition coefficient (Wildman–Crippen LogP) is -1.82. The molecule has 1 aliphatic heterocycles. The van der Waals surface area contributed by atoms with E-state index in [0.717, 1.165) is 0 Å². The van der Waals surface area contributed by atoms with E-state index >= 15 is 0 Å². The SMILES string of the molecule is O=c1ccn([C@H]2C[C@H](O)[C@@H]([13CH2]O)O2)c(=O)[nH]1. The van der Waals surface area contributed by atoms with Crippen molar-refractivity contribution < 1.29 is 14.9 Å². The zero-order valence-corrected chi connectivity index (χ0v) is 8.37. The first-order chi connectivity index (χ1) is 7.61. The largest absolute Gasteiger partial charge is 0.394 e. The molecule has 2 rings (SSSR count). The van der Waals surface area contributed by atoms with E-state index in [1.807, 2.05) is 0 Å². The molecule has 1 aromatic heterocycles. The molecule has 0 amide bonds. The van der Waals surface area contributed by atoms with Crippen molar-refractivity contribution in [2.75, 3.05) is 6.61 Å². The number of aliphatic hydroxyl groups is 2. The van der Waals surface area contributed by atoms with Gasteiger partial charge in [-0.1, -0.05) is 0 Å². The first-order valence-electron chi connectivity index (χ1n) is 4.87. The van der Waals surface area contributed by atoms with Gasteiger partial charge >= 0.3 is 5.69 Å². The lowest BCUT2D eigenvalue weighted by Gasteiger charge is -2.13. The molecule has 1 aliphatic rings. The van der Waals surface area contributed by atoms with Gasteiger partial charge in [0.25, 0.3) is 5.56 Å². The van der Waals surface area contributed by atoms with Gasteiger partial charge in [0.2, 0.25) is 0 Å². The van der Waals surface area contributed by atoms with Crippen molar-refractivity contribution in [3.05, 3.63) is 33.1 Å². The Balaban J connectivity index is 2.27. The van der Waals surface area contributed by atoms with Gasteiger partial charge in [0, 0.05) is 18.7 Å². The van der Waals surface area contributed by atoms with Gasteiger partial charge in [-0.25, -0.2) is 4.79 Å². The van der Waals surface area contributed by atoms with Crippen LogP contribution in [0.2, 0.25) is 0 Å². The molecule has 2 heterocycles. The third kappa shape index (κ3) is 1.92. The first-order valence-corrected chi connectivity index (χ1v) is 4.87. The van der Waals surface area contributed by atoms with E-state index in [-0.39, 0.29) is 13.0 Å². The second-order valence-electron chi connectivity index (χ2n) is 3.63. The molecule has 3 N–H and O–H groups in total. The molecular weight excluding hydrogens is 217 g/mol. The van der Waals surface area contributed by atoms with Crippen molar-refractivity contribution in [2.45, 2.75) is 24.9 Å². The second-order valence-corrected chi connectivity index (χ2v) is 3.63. The van der Waals surface area contributed by atoms with Gasteiger partial charge in [-0.15, -0.1) is 0 Å². The molecule has 0 radical (unpaired) electrons. The summed E-state index contributed by atoms with van der Waals surface area (Å²) in [6, 6.07) is 1.20. The molecule has 0 aliphatic carbocycles. The Labute approximate surface area is 89.9 Å². The topological polar surface area (TPSA) is 105 Å². The molecule has 0 unspecified atom stereocenters. The molecule has 16 heavy (non-hydrogen) atoms. The molecule has 1 saturated heterocycles. The van der Waals surface area contributed by atoms with Gasteiger partial charge in [0.15, 0.2) is 0 Å². The highest BCUT2D eigenvalue weighted by molar-refractivity contribution is 4.88. The van der Waals surface area contributed by atoms with E-state index in [9.17, 15) is 14.7 Å². The summed E-state index contributed by atoms with van der Waals surface area (Å²) >= 11 is 0. The number of hydrogen-bond acceptors (Lipinski definition) is 5. The fourth-order valence-corrected chi connectivity index (χ4v) is 1.70. The maximum atomic E-state index is 11.4. The van der Waals surface area contributed by atoms with Gasteiger partial charge in [-0.2, -0.15) is 0 Å². The maximum absolute atomic E-state index is 11.4. The average molecular weight is 229 g/mol. The van der Waals surface area contributed by atoms with Crippen LogP contribution in [-0.2, 0) is 4.74 Å². The zero-order valence-electron chi connectivity index (χ0n) is 8.37. The van der Waals surface area contributed by atoms with E-state index in [2.05, 4.69) is 4.98 Å². The third-order valence-electron chi connectivity index (χ3n) is 2.55. The molecule has 0 spiro atoms. The van der Waals surface area contributed by atoms with E-state index in [0.29, 0.717) is 0 Å². The molecule has 1 aromatic rings. The molecule has 1 fully saturated rings. The Morgan fingerprint density at radius 1 is 1.56 bits per heavy atom. The number of nitrogens with zero attached hydrogens (tertiary/aromatic N) is 1. The number of H-pyrrole nitrogens is 1. The lowest BCUT2D eigenvalue weighted by molar-refractivity contribution is -0.0459. The highest BCUT2D eigenvalue weighted by Gasteiger charge is 2.34. The normalized spacial score (nSPS) is 29.5. The molecule has 0 saturated carbocycles. The van der Waals surface area contributed by atoms with E-state index in [1.165, 1.54) is 16.8 Å². The van der Waals surface area contributed by atoms with Crippen molar-refractivity contribution >= 4 is 0 Å². The lowest BCUT2D eigenvalue weighted by Crippen LogP contribution is -2.31. The fourth-order valence-electron chi connectivity index (χ4n) is 1.70. The van der Waals surface area contributed by atoms with Crippen LogP contribution < -0.4 is 11.2 Å². The number of aliphatic hydroxyl groups excluding tert-OH is 2. The number of hydrogen-bond donors (Lipinski definition) is 3. The Kier molecular flexibility index (Phi) is 2.90. The minimum atomic E-state index is -0.811. The number of nitrogens with one attached hydrogen (secondary N) is 1. The van der Waals surface area contributed by atoms with Crippen molar-refractivity contribution in [1.29, 1.82) is 0 Å². The Bertz CT molecular complexity index is 479. The molecule has 88 valence electrons. The minimum absolute atomic E-state index is 0.206. The summed E-state index contributed by atoms with van der Waals surface area (Å²) in [5.41, 5.74) is -1.08. The second kappa shape index (κ2) is 4.20. The van der Waals surface area contributed by atoms with Crippen molar-refractivity contribution in [3.8, 4) is 0 Å². The third-order valence-corrected chi connectivity index (χ3v) is 2.55. The standard InChI is InChI=1S/C9H12N2O5/c12-4-6-5(13)3-8(16-6)11-2-1-7(14)10-9(11)15/h1-2,5-6,8,12-13H,3-4H2,(H,10,14,15)/t5-,6+,8+/m0/s1/i4+1. The quantitative estimate of drug-likeness (QED) is 0.518. The van der Waals surface area contributed by atoms with Crippen LogP contribution in [0, 0.1) is 0 Å². The summed E-state index contributed by atoms with van der Waals surface area (Å²) in [4.78, 5) is 24.3. The number of rotatable bonds is 2. The molecule has 7 nitrogen and oxygen atoms in total. The summed E-state index contributed by atoms with van der Waals surface area (Å²) in [5.74, 6) is 0. The fraction of sp³-hybridized carbons (Fsp3) is 0.556. The summed E-state index contributed by atoms with van der Waals surface area (Å²) in [6.45, 7) is -0.310. The number of ether oxygens (including phenoxy) is 1. The minimum Gasteiger partial charge on any atom is -0.394 e. The van der Waals surface area contributed by atoms with E-state index in [1.54, 1.807) is 0 Å². The molecule has 0 bridgehead atoms. The van der Waals surface area contributed by atoms with Gasteiger partial charge in [0.1, 0.15) is 12.3 Å². The van der Waals surface area contributed by atoms with E-state index in [4.69, 9.17) is 9.84 Å². The van der Waals surface area contributed by atoms with E-state index < -0.39 is 29.7 Å². The van der Waals surface area contributed by atoms with Crippen LogP contribution in [-0.4, -0.2) is 38.6 Å². The van der Waals surface area contributed by atoms with Crippen molar-refractivity contribution in [2.24, 2.45) is 0 Å². The zero-order chi connectivity index (χ0) is 11.7. The van der Waals surface area contributed by atoms with Crippen LogP contribution in [0.25, 0.3) is 0 Å². The molecule has 3 atom stereocenters. The summed E-state index contributed by atoms with van der Waals surface area (Å²) in [6.07, 6.45) is -0.649. The van der Waals surface area contributed by atoms with Crippen LogP contribution in [0.15, 0.2) is 21.9 Å². The number of aromatic amines is 1. The van der Waals surface area contributed by atoms with Crippen LogP contribution in [0.4, 0.5) is 0 Å². The highest BCUT2D eigenvalue weighted by Crippen LogP contribution is 2.26. The van der Waals surface area contributed by atoms with Gasteiger partial charge < -0.3 is 14.9 Å².